The van der Waals surface area contributed by atoms with E-state index in [4.69, 9.17) is 9.47 Å². The molecule has 0 aliphatic heterocycles. The SMILES string of the molecule is COc1ccc(NC(=O)c2ccc(Nc3nn4c(=O)c5ccccc5nc4s3)cc2)c(OC)c1. The number of nitrogens with zero attached hydrogens (tertiary/aromatic N) is 3. The molecule has 0 unspecified atom stereocenters. The third-order valence-electron chi connectivity index (χ3n) is 5.16. The molecule has 0 saturated carbocycles. The van der Waals surface area contributed by atoms with E-state index in [0.29, 0.717) is 43.7 Å². The molecule has 0 spiro atoms. The fourth-order valence-corrected chi connectivity index (χ4v) is 4.25. The van der Waals surface area contributed by atoms with Crippen molar-refractivity contribution in [1.29, 1.82) is 0 Å². The summed E-state index contributed by atoms with van der Waals surface area (Å²) >= 11 is 1.27. The van der Waals surface area contributed by atoms with Crippen molar-refractivity contribution in [2.24, 2.45) is 0 Å². The number of para-hydroxylation sites is 1. The number of fused-ring (bicyclic) bond motifs is 2. The lowest BCUT2D eigenvalue weighted by molar-refractivity contribution is 0.102. The molecule has 3 aromatic carbocycles. The quantitative estimate of drug-likeness (QED) is 0.378. The van der Waals surface area contributed by atoms with Crippen LogP contribution in [0.5, 0.6) is 11.5 Å². The summed E-state index contributed by atoms with van der Waals surface area (Å²) in [6.45, 7) is 0. The van der Waals surface area contributed by atoms with Crippen LogP contribution in [0.15, 0.2) is 71.5 Å². The van der Waals surface area contributed by atoms with E-state index in [9.17, 15) is 9.59 Å². The Morgan fingerprint density at radius 1 is 1.00 bits per heavy atom. The van der Waals surface area contributed by atoms with Crippen molar-refractivity contribution >= 4 is 49.6 Å². The van der Waals surface area contributed by atoms with Crippen LogP contribution < -0.4 is 25.7 Å². The van der Waals surface area contributed by atoms with Crippen molar-refractivity contribution in [3.8, 4) is 11.5 Å². The van der Waals surface area contributed by atoms with Gasteiger partial charge >= 0.3 is 0 Å². The molecule has 9 nitrogen and oxygen atoms in total. The van der Waals surface area contributed by atoms with Crippen LogP contribution in [0.2, 0.25) is 0 Å². The third-order valence-corrected chi connectivity index (χ3v) is 5.98. The van der Waals surface area contributed by atoms with E-state index >= 15 is 0 Å². The molecule has 0 fully saturated rings. The molecule has 2 heterocycles. The highest BCUT2D eigenvalue weighted by Crippen LogP contribution is 2.29. The summed E-state index contributed by atoms with van der Waals surface area (Å²) in [5, 5.41) is 11.4. The van der Waals surface area contributed by atoms with Crippen molar-refractivity contribution < 1.29 is 14.3 Å². The molecule has 0 bridgehead atoms. The number of nitrogens with one attached hydrogen (secondary N) is 2. The molecule has 1 amide bonds. The van der Waals surface area contributed by atoms with Crippen LogP contribution in [0.25, 0.3) is 15.9 Å². The summed E-state index contributed by atoms with van der Waals surface area (Å²) in [6.07, 6.45) is 0. The Morgan fingerprint density at radius 2 is 1.79 bits per heavy atom. The summed E-state index contributed by atoms with van der Waals surface area (Å²) in [5.41, 5.74) is 2.14. The average molecular weight is 474 g/mol. The molecule has 0 aliphatic carbocycles. The first-order valence-corrected chi connectivity index (χ1v) is 11.1. The van der Waals surface area contributed by atoms with Crippen LogP contribution in [0.1, 0.15) is 10.4 Å². The van der Waals surface area contributed by atoms with Gasteiger partial charge in [0.1, 0.15) is 11.5 Å². The van der Waals surface area contributed by atoms with Crippen LogP contribution in [-0.4, -0.2) is 34.7 Å². The van der Waals surface area contributed by atoms with Gasteiger partial charge in [-0.1, -0.05) is 23.5 Å². The Bertz CT molecular complexity index is 1580. The molecule has 2 N–H and O–H groups in total. The lowest BCUT2D eigenvalue weighted by Crippen LogP contribution is -2.15. The number of hydrogen-bond acceptors (Lipinski definition) is 8. The summed E-state index contributed by atoms with van der Waals surface area (Å²) in [4.78, 5) is 30.4. The largest absolute Gasteiger partial charge is 0.497 e. The van der Waals surface area contributed by atoms with Crippen LogP contribution in [0, 0.1) is 0 Å². The molecule has 0 atom stereocenters. The minimum absolute atomic E-state index is 0.217. The zero-order valence-corrected chi connectivity index (χ0v) is 19.1. The topological polar surface area (TPSA) is 107 Å². The van der Waals surface area contributed by atoms with Gasteiger partial charge in [0.25, 0.3) is 11.5 Å². The van der Waals surface area contributed by atoms with Crippen molar-refractivity contribution in [1.82, 2.24) is 14.6 Å². The van der Waals surface area contributed by atoms with E-state index in [0.717, 1.165) is 5.69 Å². The highest BCUT2D eigenvalue weighted by Gasteiger charge is 2.13. The second kappa shape index (κ2) is 8.83. The highest BCUT2D eigenvalue weighted by atomic mass is 32.1. The summed E-state index contributed by atoms with van der Waals surface area (Å²) in [7, 11) is 3.09. The monoisotopic (exact) mass is 473 g/mol. The number of aromatic nitrogens is 3. The lowest BCUT2D eigenvalue weighted by Gasteiger charge is -2.12. The van der Waals surface area contributed by atoms with Crippen LogP contribution in [0.3, 0.4) is 0 Å². The normalized spacial score (nSPS) is 10.9. The predicted octanol–water partition coefficient (Wildman–Crippen LogP) is 4.32. The minimum Gasteiger partial charge on any atom is -0.497 e. The fourth-order valence-electron chi connectivity index (χ4n) is 3.43. The smallest absolute Gasteiger partial charge is 0.283 e. The van der Waals surface area contributed by atoms with Gasteiger partial charge in [-0.3, -0.25) is 9.59 Å². The number of benzene rings is 3. The van der Waals surface area contributed by atoms with Gasteiger partial charge in [-0.15, -0.1) is 5.10 Å². The number of rotatable bonds is 6. The Balaban J connectivity index is 1.34. The minimum atomic E-state index is -0.280. The van der Waals surface area contributed by atoms with Crippen molar-refractivity contribution in [3.05, 3.63) is 82.6 Å². The first kappa shape index (κ1) is 21.4. The third kappa shape index (κ3) is 4.02. The molecule has 34 heavy (non-hydrogen) atoms. The number of carbonyl (C=O) groups excluding carboxylic acids is 1. The van der Waals surface area contributed by atoms with E-state index in [1.807, 2.05) is 6.07 Å². The Hall–Kier alpha value is -4.44. The molecular weight excluding hydrogens is 454 g/mol. The van der Waals surface area contributed by atoms with Gasteiger partial charge in [0.2, 0.25) is 10.1 Å². The molecule has 0 saturated heterocycles. The van der Waals surface area contributed by atoms with E-state index < -0.39 is 0 Å². The van der Waals surface area contributed by atoms with Crippen molar-refractivity contribution in [3.63, 3.8) is 0 Å². The maximum atomic E-state index is 12.7. The fraction of sp³-hybridized carbons (Fsp3) is 0.0833. The van der Waals surface area contributed by atoms with Crippen molar-refractivity contribution in [2.45, 2.75) is 0 Å². The van der Waals surface area contributed by atoms with E-state index in [1.54, 1.807) is 67.8 Å². The Kier molecular flexibility index (Phi) is 5.56. The number of carbonyl (C=O) groups is 1. The maximum absolute atomic E-state index is 12.7. The molecule has 5 rings (SSSR count). The molecule has 0 aliphatic rings. The Morgan fingerprint density at radius 3 is 2.56 bits per heavy atom. The predicted molar refractivity (Wildman–Crippen MR) is 132 cm³/mol. The van der Waals surface area contributed by atoms with Gasteiger partial charge in [-0.2, -0.15) is 4.52 Å². The molecule has 2 aromatic heterocycles. The molecule has 5 aromatic rings. The van der Waals surface area contributed by atoms with Gasteiger partial charge in [0.05, 0.1) is 30.8 Å². The number of ether oxygens (including phenoxy) is 2. The number of methoxy groups -OCH3 is 2. The van der Waals surface area contributed by atoms with E-state index in [1.165, 1.54) is 23.0 Å². The first-order valence-electron chi connectivity index (χ1n) is 10.2. The average Bonchev–Trinajstić information content (AvgIpc) is 3.27. The Labute approximate surface area is 197 Å². The van der Waals surface area contributed by atoms with Gasteiger partial charge in [0.15, 0.2) is 0 Å². The second-order valence-electron chi connectivity index (χ2n) is 7.26. The number of hydrogen-bond donors (Lipinski definition) is 2. The summed E-state index contributed by atoms with van der Waals surface area (Å²) < 4.78 is 11.8. The van der Waals surface area contributed by atoms with Crippen LogP contribution in [-0.2, 0) is 0 Å². The molecule has 170 valence electrons. The van der Waals surface area contributed by atoms with Gasteiger partial charge in [-0.05, 0) is 48.5 Å². The zero-order chi connectivity index (χ0) is 23.7. The standard InChI is InChI=1S/C24H19N5O4S/c1-32-16-11-12-19(20(13-16)33-2)26-21(30)14-7-9-15(10-8-14)25-23-28-29-22(31)17-5-3-4-6-18(17)27-24(29)34-23/h3-13H,1-2H3,(H,25,28)(H,26,30). The molecular formula is C24H19N5O4S. The highest BCUT2D eigenvalue weighted by molar-refractivity contribution is 7.20. The van der Waals surface area contributed by atoms with Crippen LogP contribution in [0.4, 0.5) is 16.5 Å². The van der Waals surface area contributed by atoms with Crippen LogP contribution >= 0.6 is 11.3 Å². The van der Waals surface area contributed by atoms with E-state index in [-0.39, 0.29) is 11.5 Å². The van der Waals surface area contributed by atoms with Gasteiger partial charge < -0.3 is 20.1 Å². The van der Waals surface area contributed by atoms with Gasteiger partial charge in [-0.25, -0.2) is 4.98 Å². The maximum Gasteiger partial charge on any atom is 0.283 e. The van der Waals surface area contributed by atoms with Crippen molar-refractivity contribution in [2.75, 3.05) is 24.9 Å². The first-order chi connectivity index (χ1) is 16.6. The number of anilines is 3. The summed E-state index contributed by atoms with van der Waals surface area (Å²) in [5.74, 6) is 0.849. The second-order valence-corrected chi connectivity index (χ2v) is 8.21. The zero-order valence-electron chi connectivity index (χ0n) is 18.2. The molecule has 0 radical (unpaired) electrons. The van der Waals surface area contributed by atoms with Gasteiger partial charge in [0, 0.05) is 17.3 Å². The van der Waals surface area contributed by atoms with E-state index in [2.05, 4.69) is 20.7 Å². The summed E-state index contributed by atoms with van der Waals surface area (Å²) in [6, 6.07) is 19.2. The lowest BCUT2D eigenvalue weighted by atomic mass is 10.2. The number of amides is 1. The molecule has 10 heteroatoms.